The standard InChI is InChI=1S/C29H35N3O4/c1-21-17-31(18-22-8-12-25(34-2)13-9-22)29(33)28(35-21)16-23-19-32(20-30-23)24-10-14-27(15-11-24)36-26-6-4-3-5-7-26/h8-15,19-21,26,28H,3-7,16-18H2,1-2H3/t21-,28+/m1/s1. The fourth-order valence-electron chi connectivity index (χ4n) is 5.09. The quantitative estimate of drug-likeness (QED) is 0.448. The van der Waals surface area contributed by atoms with Gasteiger partial charge in [-0.25, -0.2) is 4.98 Å². The molecule has 1 amide bonds. The van der Waals surface area contributed by atoms with E-state index in [9.17, 15) is 4.79 Å². The number of methoxy groups -OCH3 is 1. The number of benzene rings is 2. The van der Waals surface area contributed by atoms with Crippen LogP contribution in [0.1, 0.15) is 50.3 Å². The summed E-state index contributed by atoms with van der Waals surface area (Å²) in [6.07, 6.45) is 10.1. The summed E-state index contributed by atoms with van der Waals surface area (Å²) < 4.78 is 19.4. The minimum Gasteiger partial charge on any atom is -0.497 e. The number of imidazole rings is 1. The van der Waals surface area contributed by atoms with Crippen molar-refractivity contribution < 1.29 is 19.0 Å². The highest BCUT2D eigenvalue weighted by Crippen LogP contribution is 2.25. The number of carbonyl (C=O) groups is 1. The van der Waals surface area contributed by atoms with Gasteiger partial charge in [-0.15, -0.1) is 0 Å². The van der Waals surface area contributed by atoms with Crippen molar-refractivity contribution in [3.63, 3.8) is 0 Å². The van der Waals surface area contributed by atoms with Gasteiger partial charge in [0.05, 0.1) is 31.3 Å². The lowest BCUT2D eigenvalue weighted by Crippen LogP contribution is -2.51. The summed E-state index contributed by atoms with van der Waals surface area (Å²) in [6, 6.07) is 16.0. The van der Waals surface area contributed by atoms with Crippen LogP contribution < -0.4 is 9.47 Å². The fourth-order valence-corrected chi connectivity index (χ4v) is 5.09. The third kappa shape index (κ3) is 5.90. The largest absolute Gasteiger partial charge is 0.497 e. The van der Waals surface area contributed by atoms with E-state index >= 15 is 0 Å². The molecule has 3 aromatic rings. The first-order chi connectivity index (χ1) is 17.6. The molecule has 2 heterocycles. The first-order valence-corrected chi connectivity index (χ1v) is 12.9. The van der Waals surface area contributed by atoms with Gasteiger partial charge < -0.3 is 23.7 Å². The molecule has 36 heavy (non-hydrogen) atoms. The molecule has 1 aliphatic carbocycles. The molecule has 1 saturated carbocycles. The SMILES string of the molecule is COc1ccc(CN2C[C@@H](C)O[C@@H](Cc3cn(-c4ccc(OC5CCCCC5)cc4)cn3)C2=O)cc1. The van der Waals surface area contributed by atoms with E-state index < -0.39 is 6.10 Å². The van der Waals surface area contributed by atoms with E-state index in [1.807, 2.05) is 71.1 Å². The van der Waals surface area contributed by atoms with Crippen molar-refractivity contribution in [2.75, 3.05) is 13.7 Å². The maximum atomic E-state index is 13.2. The van der Waals surface area contributed by atoms with Gasteiger partial charge in [-0.2, -0.15) is 0 Å². The molecule has 0 spiro atoms. The van der Waals surface area contributed by atoms with Crippen LogP contribution in [0.3, 0.4) is 0 Å². The zero-order chi connectivity index (χ0) is 24.9. The van der Waals surface area contributed by atoms with Crippen LogP contribution in [0.5, 0.6) is 11.5 Å². The van der Waals surface area contributed by atoms with Gasteiger partial charge in [-0.1, -0.05) is 18.6 Å². The molecule has 2 aliphatic rings. The molecule has 190 valence electrons. The molecule has 2 fully saturated rings. The maximum absolute atomic E-state index is 13.2. The van der Waals surface area contributed by atoms with Gasteiger partial charge in [0.1, 0.15) is 17.6 Å². The van der Waals surface area contributed by atoms with E-state index in [2.05, 4.69) is 4.98 Å². The molecule has 0 radical (unpaired) electrons. The lowest BCUT2D eigenvalue weighted by atomic mass is 9.98. The first kappa shape index (κ1) is 24.4. The number of aromatic nitrogens is 2. The van der Waals surface area contributed by atoms with Crippen LogP contribution in [0.25, 0.3) is 5.69 Å². The van der Waals surface area contributed by atoms with Crippen LogP contribution in [0, 0.1) is 0 Å². The topological polar surface area (TPSA) is 65.8 Å². The zero-order valence-corrected chi connectivity index (χ0v) is 21.1. The third-order valence-electron chi connectivity index (χ3n) is 7.01. The monoisotopic (exact) mass is 489 g/mol. The second-order valence-corrected chi connectivity index (χ2v) is 9.85. The predicted molar refractivity (Wildman–Crippen MR) is 138 cm³/mol. The fraction of sp³-hybridized carbons (Fsp3) is 0.448. The normalized spacial score (nSPS) is 20.9. The number of hydrogen-bond donors (Lipinski definition) is 0. The van der Waals surface area contributed by atoms with E-state index in [1.165, 1.54) is 19.3 Å². The van der Waals surface area contributed by atoms with E-state index in [0.717, 1.165) is 41.3 Å². The van der Waals surface area contributed by atoms with Crippen LogP contribution >= 0.6 is 0 Å². The Hall–Kier alpha value is -3.32. The summed E-state index contributed by atoms with van der Waals surface area (Å²) in [7, 11) is 1.65. The zero-order valence-electron chi connectivity index (χ0n) is 21.1. The minimum absolute atomic E-state index is 0.00248. The first-order valence-electron chi connectivity index (χ1n) is 12.9. The third-order valence-corrected chi connectivity index (χ3v) is 7.01. The van der Waals surface area contributed by atoms with E-state index in [4.69, 9.17) is 14.2 Å². The molecule has 7 nitrogen and oxygen atoms in total. The van der Waals surface area contributed by atoms with Gasteiger partial charge in [0.15, 0.2) is 0 Å². The number of rotatable bonds is 8. The van der Waals surface area contributed by atoms with Crippen molar-refractivity contribution in [3.05, 3.63) is 72.3 Å². The highest BCUT2D eigenvalue weighted by atomic mass is 16.5. The second kappa shape index (κ2) is 11.2. The predicted octanol–water partition coefficient (Wildman–Crippen LogP) is 4.95. The Balaban J connectivity index is 1.20. The number of nitrogens with zero attached hydrogens (tertiary/aromatic N) is 3. The Labute approximate surface area is 213 Å². The lowest BCUT2D eigenvalue weighted by Gasteiger charge is -2.36. The molecule has 5 rings (SSSR count). The number of amides is 1. The van der Waals surface area contributed by atoms with E-state index in [-0.39, 0.29) is 12.0 Å². The van der Waals surface area contributed by atoms with Gasteiger partial charge in [-0.3, -0.25) is 4.79 Å². The molecular formula is C29H35N3O4. The lowest BCUT2D eigenvalue weighted by molar-refractivity contribution is -0.161. The second-order valence-electron chi connectivity index (χ2n) is 9.85. The van der Waals surface area contributed by atoms with Crippen molar-refractivity contribution in [1.82, 2.24) is 14.5 Å². The average molecular weight is 490 g/mol. The van der Waals surface area contributed by atoms with Crippen LogP contribution in [-0.2, 0) is 22.5 Å². The molecule has 1 aliphatic heterocycles. The van der Waals surface area contributed by atoms with Crippen LogP contribution in [0.15, 0.2) is 61.1 Å². The van der Waals surface area contributed by atoms with Crippen molar-refractivity contribution in [2.24, 2.45) is 0 Å². The number of carbonyl (C=O) groups excluding carboxylic acids is 1. The van der Waals surface area contributed by atoms with Crippen LogP contribution in [0.4, 0.5) is 0 Å². The van der Waals surface area contributed by atoms with Crippen molar-refractivity contribution in [2.45, 2.75) is 70.3 Å². The van der Waals surface area contributed by atoms with Gasteiger partial charge in [0.2, 0.25) is 0 Å². The minimum atomic E-state index is -0.540. The Morgan fingerprint density at radius 1 is 1.00 bits per heavy atom. The molecule has 0 N–H and O–H groups in total. The van der Waals surface area contributed by atoms with Gasteiger partial charge in [0.25, 0.3) is 5.91 Å². The maximum Gasteiger partial charge on any atom is 0.252 e. The molecule has 1 aromatic heterocycles. The Kier molecular flexibility index (Phi) is 7.56. The highest BCUT2D eigenvalue weighted by molar-refractivity contribution is 5.82. The number of ether oxygens (including phenoxy) is 3. The van der Waals surface area contributed by atoms with Crippen LogP contribution in [0.2, 0.25) is 0 Å². The van der Waals surface area contributed by atoms with Gasteiger partial charge in [-0.05, 0) is 74.6 Å². The summed E-state index contributed by atoms with van der Waals surface area (Å²) in [4.78, 5) is 19.6. The van der Waals surface area contributed by atoms with E-state index in [0.29, 0.717) is 25.6 Å². The Bertz CT molecular complexity index is 1140. The van der Waals surface area contributed by atoms with Crippen molar-refractivity contribution in [3.8, 4) is 17.2 Å². The molecule has 2 atom stereocenters. The summed E-state index contributed by atoms with van der Waals surface area (Å²) in [5, 5.41) is 0. The smallest absolute Gasteiger partial charge is 0.252 e. The van der Waals surface area contributed by atoms with Gasteiger partial charge >= 0.3 is 0 Å². The average Bonchev–Trinajstić information content (AvgIpc) is 3.37. The molecule has 0 bridgehead atoms. The molecule has 7 heteroatoms. The van der Waals surface area contributed by atoms with Crippen molar-refractivity contribution in [1.29, 1.82) is 0 Å². The van der Waals surface area contributed by atoms with E-state index in [1.54, 1.807) is 13.4 Å². The molecule has 2 aromatic carbocycles. The van der Waals surface area contributed by atoms with Crippen molar-refractivity contribution >= 4 is 5.91 Å². The summed E-state index contributed by atoms with van der Waals surface area (Å²) in [5.74, 6) is 1.72. The number of hydrogen-bond acceptors (Lipinski definition) is 5. The molecule has 0 unspecified atom stereocenters. The Morgan fingerprint density at radius 2 is 1.72 bits per heavy atom. The Morgan fingerprint density at radius 3 is 2.44 bits per heavy atom. The summed E-state index contributed by atoms with van der Waals surface area (Å²) in [6.45, 7) is 3.14. The summed E-state index contributed by atoms with van der Waals surface area (Å²) in [5.41, 5.74) is 2.90. The summed E-state index contributed by atoms with van der Waals surface area (Å²) >= 11 is 0. The van der Waals surface area contributed by atoms with Gasteiger partial charge in [0, 0.05) is 31.4 Å². The molecule has 1 saturated heterocycles. The molecular weight excluding hydrogens is 454 g/mol. The number of morpholine rings is 1. The van der Waals surface area contributed by atoms with Crippen LogP contribution in [-0.4, -0.2) is 52.3 Å². The highest BCUT2D eigenvalue weighted by Gasteiger charge is 2.33.